The maximum atomic E-state index is 12.6. The van der Waals surface area contributed by atoms with Gasteiger partial charge in [-0.3, -0.25) is 9.78 Å². The van der Waals surface area contributed by atoms with Crippen molar-refractivity contribution in [3.8, 4) is 11.6 Å². The maximum Gasteiger partial charge on any atom is 0.237 e. The van der Waals surface area contributed by atoms with E-state index in [2.05, 4.69) is 15.3 Å². The van der Waals surface area contributed by atoms with E-state index in [0.717, 1.165) is 24.8 Å². The number of sulfone groups is 1. The molecular formula is C22H21N3O4S. The van der Waals surface area contributed by atoms with Gasteiger partial charge in [0.2, 0.25) is 11.8 Å². The molecule has 1 amide bonds. The van der Waals surface area contributed by atoms with E-state index in [0.29, 0.717) is 17.3 Å². The SMILES string of the molecule is O=C(CCS(=O)(=O)c1ccc2c(c1)CCC2)Nc1cccc(Oc2cnccn2)c1. The van der Waals surface area contributed by atoms with E-state index in [1.54, 1.807) is 42.6 Å². The number of hydrogen-bond donors (Lipinski definition) is 1. The van der Waals surface area contributed by atoms with Crippen LogP contribution in [0.4, 0.5) is 5.69 Å². The third-order valence-electron chi connectivity index (χ3n) is 4.91. The van der Waals surface area contributed by atoms with Gasteiger partial charge >= 0.3 is 0 Å². The van der Waals surface area contributed by atoms with Crippen LogP contribution in [0.2, 0.25) is 0 Å². The predicted molar refractivity (Wildman–Crippen MR) is 112 cm³/mol. The molecule has 4 rings (SSSR count). The standard InChI is InChI=1S/C22H21N3O4S/c26-21(9-12-30(27,28)20-8-7-16-3-1-4-17(16)13-20)25-18-5-2-6-19(14-18)29-22-15-23-10-11-24-22/h2,5-8,10-11,13-15H,1,3-4,9,12H2,(H,25,26). The zero-order valence-corrected chi connectivity index (χ0v) is 17.1. The number of benzene rings is 2. The number of carbonyl (C=O) groups excluding carboxylic acids is 1. The Labute approximate surface area is 175 Å². The Morgan fingerprint density at radius 3 is 2.77 bits per heavy atom. The highest BCUT2D eigenvalue weighted by atomic mass is 32.2. The molecule has 0 spiro atoms. The van der Waals surface area contributed by atoms with Crippen LogP contribution in [0.25, 0.3) is 0 Å². The van der Waals surface area contributed by atoms with Crippen LogP contribution >= 0.6 is 0 Å². The van der Waals surface area contributed by atoms with Crippen LogP contribution in [-0.4, -0.2) is 30.0 Å². The molecule has 0 fully saturated rings. The summed E-state index contributed by atoms with van der Waals surface area (Å²) in [7, 11) is -3.52. The van der Waals surface area contributed by atoms with Gasteiger partial charge in [-0.2, -0.15) is 0 Å². The summed E-state index contributed by atoms with van der Waals surface area (Å²) in [5.74, 6) is 0.199. The highest BCUT2D eigenvalue weighted by Crippen LogP contribution is 2.26. The minimum absolute atomic E-state index is 0.130. The zero-order chi connectivity index (χ0) is 21.0. The van der Waals surface area contributed by atoms with E-state index in [9.17, 15) is 13.2 Å². The molecule has 1 aromatic heterocycles. The second-order valence-electron chi connectivity index (χ2n) is 7.07. The number of hydrogen-bond acceptors (Lipinski definition) is 6. The maximum absolute atomic E-state index is 12.6. The van der Waals surface area contributed by atoms with Crippen molar-refractivity contribution < 1.29 is 17.9 Å². The number of fused-ring (bicyclic) bond motifs is 1. The van der Waals surface area contributed by atoms with Crippen LogP contribution in [0.5, 0.6) is 11.6 Å². The number of aromatic nitrogens is 2. The minimum Gasteiger partial charge on any atom is -0.437 e. The van der Waals surface area contributed by atoms with Crippen LogP contribution in [0.3, 0.4) is 0 Å². The van der Waals surface area contributed by atoms with Crippen LogP contribution < -0.4 is 10.1 Å². The molecule has 154 valence electrons. The van der Waals surface area contributed by atoms with Crippen molar-refractivity contribution in [3.05, 3.63) is 72.2 Å². The predicted octanol–water partition coefficient (Wildman–Crippen LogP) is 3.56. The number of rotatable bonds is 7. The normalized spacial score (nSPS) is 12.9. The van der Waals surface area contributed by atoms with Crippen molar-refractivity contribution >= 4 is 21.4 Å². The molecule has 1 heterocycles. The first kappa shape index (κ1) is 20.0. The van der Waals surface area contributed by atoms with Crippen LogP contribution in [0.1, 0.15) is 24.0 Å². The van der Waals surface area contributed by atoms with Crippen LogP contribution in [0.15, 0.2) is 66.0 Å². The fourth-order valence-corrected chi connectivity index (χ4v) is 4.69. The number of nitrogens with zero attached hydrogens (tertiary/aromatic N) is 2. The van der Waals surface area contributed by atoms with Crippen molar-refractivity contribution in [1.29, 1.82) is 0 Å². The lowest BCUT2D eigenvalue weighted by molar-refractivity contribution is -0.115. The van der Waals surface area contributed by atoms with Crippen molar-refractivity contribution in [2.24, 2.45) is 0 Å². The van der Waals surface area contributed by atoms with Crippen molar-refractivity contribution in [2.45, 2.75) is 30.6 Å². The van der Waals surface area contributed by atoms with Gasteiger partial charge in [-0.25, -0.2) is 13.4 Å². The van der Waals surface area contributed by atoms with Gasteiger partial charge < -0.3 is 10.1 Å². The molecule has 0 bridgehead atoms. The molecule has 1 N–H and O–H groups in total. The second kappa shape index (κ2) is 8.62. The lowest BCUT2D eigenvalue weighted by atomic mass is 10.1. The quantitative estimate of drug-likeness (QED) is 0.624. The van der Waals surface area contributed by atoms with Gasteiger partial charge in [-0.15, -0.1) is 0 Å². The Kier molecular flexibility index (Phi) is 5.76. The first-order valence-electron chi connectivity index (χ1n) is 9.68. The third-order valence-corrected chi connectivity index (χ3v) is 6.62. The first-order valence-corrected chi connectivity index (χ1v) is 11.3. The summed E-state index contributed by atoms with van der Waals surface area (Å²) in [5.41, 5.74) is 2.83. The summed E-state index contributed by atoms with van der Waals surface area (Å²) >= 11 is 0. The summed E-state index contributed by atoms with van der Waals surface area (Å²) in [6.45, 7) is 0. The number of nitrogens with one attached hydrogen (secondary N) is 1. The lowest BCUT2D eigenvalue weighted by Crippen LogP contribution is -2.17. The molecule has 1 aliphatic carbocycles. The molecule has 3 aromatic rings. The van der Waals surface area contributed by atoms with E-state index in [-0.39, 0.29) is 23.0 Å². The fraction of sp³-hybridized carbons (Fsp3) is 0.227. The van der Waals surface area contributed by atoms with Crippen LogP contribution in [-0.2, 0) is 27.5 Å². The first-order chi connectivity index (χ1) is 14.5. The molecule has 0 atom stereocenters. The summed E-state index contributed by atoms with van der Waals surface area (Å²) in [6.07, 6.45) is 7.37. The Morgan fingerprint density at radius 2 is 1.93 bits per heavy atom. The third kappa shape index (κ3) is 4.83. The second-order valence-corrected chi connectivity index (χ2v) is 9.18. The molecule has 1 aliphatic rings. The highest BCUT2D eigenvalue weighted by Gasteiger charge is 2.20. The molecule has 8 heteroatoms. The molecule has 2 aromatic carbocycles. The van der Waals surface area contributed by atoms with Crippen molar-refractivity contribution in [2.75, 3.05) is 11.1 Å². The van der Waals surface area contributed by atoms with Gasteiger partial charge in [-0.05, 0) is 54.7 Å². The van der Waals surface area contributed by atoms with Crippen molar-refractivity contribution in [1.82, 2.24) is 9.97 Å². The average Bonchev–Trinajstić information content (AvgIpc) is 3.21. The summed E-state index contributed by atoms with van der Waals surface area (Å²) < 4.78 is 30.9. The van der Waals surface area contributed by atoms with E-state index >= 15 is 0 Å². The minimum atomic E-state index is -3.52. The topological polar surface area (TPSA) is 98.2 Å². The largest absolute Gasteiger partial charge is 0.437 e. The lowest BCUT2D eigenvalue weighted by Gasteiger charge is -2.09. The molecule has 0 saturated carbocycles. The molecule has 0 unspecified atom stereocenters. The molecule has 0 saturated heterocycles. The van der Waals surface area contributed by atoms with E-state index in [1.165, 1.54) is 18.0 Å². The number of anilines is 1. The zero-order valence-electron chi connectivity index (χ0n) is 16.2. The van der Waals surface area contributed by atoms with Gasteiger partial charge in [0, 0.05) is 30.6 Å². The van der Waals surface area contributed by atoms with Gasteiger partial charge in [0.1, 0.15) is 5.75 Å². The molecule has 30 heavy (non-hydrogen) atoms. The molecular weight excluding hydrogens is 402 g/mol. The van der Waals surface area contributed by atoms with Gasteiger partial charge in [-0.1, -0.05) is 12.1 Å². The van der Waals surface area contributed by atoms with E-state index in [4.69, 9.17) is 4.74 Å². The van der Waals surface area contributed by atoms with Gasteiger partial charge in [0.15, 0.2) is 9.84 Å². The Hall–Kier alpha value is -3.26. The fourth-order valence-electron chi connectivity index (χ4n) is 3.41. The smallest absolute Gasteiger partial charge is 0.237 e. The summed E-state index contributed by atoms with van der Waals surface area (Å²) in [6, 6.07) is 12.1. The number of carbonyl (C=O) groups is 1. The number of amides is 1. The van der Waals surface area contributed by atoms with E-state index < -0.39 is 9.84 Å². The highest BCUT2D eigenvalue weighted by molar-refractivity contribution is 7.91. The van der Waals surface area contributed by atoms with Crippen molar-refractivity contribution in [3.63, 3.8) is 0 Å². The average molecular weight is 423 g/mol. The Bertz CT molecular complexity index is 1160. The summed E-state index contributed by atoms with van der Waals surface area (Å²) in [4.78, 5) is 20.6. The molecule has 0 radical (unpaired) electrons. The molecule has 7 nitrogen and oxygen atoms in total. The van der Waals surface area contributed by atoms with Crippen LogP contribution in [0, 0.1) is 0 Å². The summed E-state index contributed by atoms with van der Waals surface area (Å²) in [5, 5.41) is 2.71. The number of ether oxygens (including phenoxy) is 1. The number of aryl methyl sites for hydroxylation is 2. The Balaban J connectivity index is 1.36. The monoisotopic (exact) mass is 423 g/mol. The Morgan fingerprint density at radius 1 is 1.07 bits per heavy atom. The van der Waals surface area contributed by atoms with Gasteiger partial charge in [0.05, 0.1) is 16.8 Å². The van der Waals surface area contributed by atoms with Gasteiger partial charge in [0.25, 0.3) is 0 Å². The molecule has 0 aliphatic heterocycles. The van der Waals surface area contributed by atoms with E-state index in [1.807, 2.05) is 6.07 Å².